The summed E-state index contributed by atoms with van der Waals surface area (Å²) >= 11 is 17.9. The van der Waals surface area contributed by atoms with Gasteiger partial charge in [0.05, 0.1) is 6.42 Å². The Kier molecular flexibility index (Phi) is 6.17. The van der Waals surface area contributed by atoms with E-state index in [1.165, 1.54) is 0 Å². The second-order valence-electron chi connectivity index (χ2n) is 5.21. The monoisotopic (exact) mass is 370 g/mol. The van der Waals surface area contributed by atoms with E-state index in [-0.39, 0.29) is 12.3 Å². The highest BCUT2D eigenvalue weighted by molar-refractivity contribution is 6.68. The van der Waals surface area contributed by atoms with Gasteiger partial charge in [-0.05, 0) is 24.6 Å². The van der Waals surface area contributed by atoms with Gasteiger partial charge in [-0.2, -0.15) is 0 Å². The van der Waals surface area contributed by atoms with Crippen LogP contribution in [0.4, 0.5) is 5.69 Å². The molecule has 3 nitrogen and oxygen atoms in total. The van der Waals surface area contributed by atoms with Gasteiger partial charge in [-0.3, -0.25) is 4.79 Å². The fourth-order valence-corrected chi connectivity index (χ4v) is 2.34. The molecule has 0 heterocycles. The molecular weight excluding hydrogens is 355 g/mol. The SMILES string of the molecule is Cc1ccc(NC(NC(=O)Cc2ccccc2)C(Cl)(Cl)Cl)cc1. The van der Waals surface area contributed by atoms with Gasteiger partial charge in [-0.1, -0.05) is 82.8 Å². The Morgan fingerprint density at radius 2 is 1.65 bits per heavy atom. The van der Waals surface area contributed by atoms with Crippen molar-refractivity contribution < 1.29 is 4.79 Å². The van der Waals surface area contributed by atoms with E-state index in [9.17, 15) is 4.79 Å². The van der Waals surface area contributed by atoms with E-state index in [1.807, 2.05) is 61.5 Å². The van der Waals surface area contributed by atoms with E-state index >= 15 is 0 Å². The summed E-state index contributed by atoms with van der Waals surface area (Å²) in [6.07, 6.45) is -0.625. The maximum absolute atomic E-state index is 12.2. The van der Waals surface area contributed by atoms with Crippen LogP contribution in [0.2, 0.25) is 0 Å². The first-order valence-electron chi connectivity index (χ1n) is 7.08. The van der Waals surface area contributed by atoms with Crippen LogP contribution in [0.1, 0.15) is 11.1 Å². The quantitative estimate of drug-likeness (QED) is 0.602. The van der Waals surface area contributed by atoms with Crippen molar-refractivity contribution in [3.63, 3.8) is 0 Å². The van der Waals surface area contributed by atoms with Crippen molar-refractivity contribution in [3.05, 3.63) is 65.7 Å². The number of carbonyl (C=O) groups is 1. The molecule has 0 spiro atoms. The lowest BCUT2D eigenvalue weighted by Crippen LogP contribution is -2.49. The molecule has 122 valence electrons. The molecule has 0 fully saturated rings. The molecule has 2 N–H and O–H groups in total. The molecule has 0 aliphatic carbocycles. The summed E-state index contributed by atoms with van der Waals surface area (Å²) in [7, 11) is 0. The van der Waals surface area contributed by atoms with E-state index in [1.54, 1.807) is 0 Å². The van der Waals surface area contributed by atoms with Crippen LogP contribution in [0.15, 0.2) is 54.6 Å². The van der Waals surface area contributed by atoms with Crippen molar-refractivity contribution in [2.75, 3.05) is 5.32 Å². The standard InChI is InChI=1S/C17H17Cl3N2O/c1-12-7-9-14(10-8-12)21-16(17(18,19)20)22-15(23)11-13-5-3-2-4-6-13/h2-10,16,21H,11H2,1H3,(H,22,23). The van der Waals surface area contributed by atoms with E-state index in [0.29, 0.717) is 0 Å². The summed E-state index contributed by atoms with van der Waals surface area (Å²) < 4.78 is -1.68. The molecule has 0 aliphatic rings. The fraction of sp³-hybridized carbons (Fsp3) is 0.235. The van der Waals surface area contributed by atoms with Gasteiger partial charge in [0.25, 0.3) is 0 Å². The van der Waals surface area contributed by atoms with Gasteiger partial charge in [0.2, 0.25) is 9.70 Å². The van der Waals surface area contributed by atoms with Crippen molar-refractivity contribution in [2.24, 2.45) is 0 Å². The van der Waals surface area contributed by atoms with Crippen molar-refractivity contribution in [2.45, 2.75) is 23.3 Å². The number of benzene rings is 2. The zero-order valence-corrected chi connectivity index (χ0v) is 14.8. The topological polar surface area (TPSA) is 41.1 Å². The molecule has 1 amide bonds. The number of carbonyl (C=O) groups excluding carboxylic acids is 1. The number of nitrogens with one attached hydrogen (secondary N) is 2. The summed E-state index contributed by atoms with van der Waals surface area (Å²) in [6, 6.07) is 17.0. The lowest BCUT2D eigenvalue weighted by Gasteiger charge is -2.27. The second kappa shape index (κ2) is 7.91. The third kappa shape index (κ3) is 5.94. The number of rotatable bonds is 5. The molecule has 23 heavy (non-hydrogen) atoms. The van der Waals surface area contributed by atoms with Crippen LogP contribution < -0.4 is 10.6 Å². The van der Waals surface area contributed by atoms with Gasteiger partial charge in [-0.25, -0.2) is 0 Å². The minimum absolute atomic E-state index is 0.216. The van der Waals surface area contributed by atoms with Crippen LogP contribution in [0.25, 0.3) is 0 Å². The molecule has 0 saturated heterocycles. The van der Waals surface area contributed by atoms with E-state index in [0.717, 1.165) is 16.8 Å². The average Bonchev–Trinajstić information content (AvgIpc) is 2.49. The first-order valence-corrected chi connectivity index (χ1v) is 8.21. The van der Waals surface area contributed by atoms with Gasteiger partial charge in [0, 0.05) is 5.69 Å². The van der Waals surface area contributed by atoms with E-state index < -0.39 is 9.96 Å². The summed E-state index contributed by atoms with van der Waals surface area (Å²) in [4.78, 5) is 12.2. The number of hydrogen-bond donors (Lipinski definition) is 2. The van der Waals surface area contributed by atoms with Crippen LogP contribution in [0.3, 0.4) is 0 Å². The molecule has 6 heteroatoms. The lowest BCUT2D eigenvalue weighted by atomic mass is 10.1. The summed E-state index contributed by atoms with van der Waals surface area (Å²) in [6.45, 7) is 1.98. The normalized spacial score (nSPS) is 12.5. The average molecular weight is 372 g/mol. The number of aryl methyl sites for hydroxylation is 1. The Labute approximate surface area is 150 Å². The van der Waals surface area contributed by atoms with Gasteiger partial charge in [0.15, 0.2) is 0 Å². The molecule has 0 bridgehead atoms. The number of anilines is 1. The highest BCUT2D eigenvalue weighted by Gasteiger charge is 2.34. The second-order valence-corrected chi connectivity index (χ2v) is 7.58. The van der Waals surface area contributed by atoms with Crippen LogP contribution in [0, 0.1) is 6.92 Å². The molecule has 2 aromatic rings. The van der Waals surface area contributed by atoms with Crippen molar-refractivity contribution >= 4 is 46.4 Å². The van der Waals surface area contributed by atoms with Gasteiger partial charge >= 0.3 is 0 Å². The molecule has 1 atom stereocenters. The van der Waals surface area contributed by atoms with Crippen LogP contribution in [0.5, 0.6) is 0 Å². The Bertz CT molecular complexity index is 639. The summed E-state index contributed by atoms with van der Waals surface area (Å²) in [5.41, 5.74) is 2.77. The number of hydrogen-bond acceptors (Lipinski definition) is 2. The molecular formula is C17H17Cl3N2O. The molecule has 2 rings (SSSR count). The van der Waals surface area contributed by atoms with Gasteiger partial charge in [0.1, 0.15) is 6.17 Å². The van der Waals surface area contributed by atoms with Crippen LogP contribution in [-0.2, 0) is 11.2 Å². The Morgan fingerprint density at radius 1 is 1.04 bits per heavy atom. The minimum Gasteiger partial charge on any atom is -0.362 e. The Balaban J connectivity index is 2.04. The van der Waals surface area contributed by atoms with Gasteiger partial charge < -0.3 is 10.6 Å². The zero-order chi connectivity index (χ0) is 16.9. The molecule has 0 saturated carbocycles. The third-order valence-corrected chi connectivity index (χ3v) is 3.86. The predicted molar refractivity (Wildman–Crippen MR) is 97.2 cm³/mol. The smallest absolute Gasteiger partial charge is 0.228 e. The zero-order valence-electron chi connectivity index (χ0n) is 12.5. The van der Waals surface area contributed by atoms with Crippen molar-refractivity contribution in [1.29, 1.82) is 0 Å². The maximum Gasteiger partial charge on any atom is 0.228 e. The van der Waals surface area contributed by atoms with E-state index in [4.69, 9.17) is 34.8 Å². The minimum atomic E-state index is -1.68. The first kappa shape index (κ1) is 17.9. The maximum atomic E-state index is 12.2. The highest BCUT2D eigenvalue weighted by Crippen LogP contribution is 2.31. The fourth-order valence-electron chi connectivity index (χ4n) is 2.01. The molecule has 2 aromatic carbocycles. The Hall–Kier alpha value is -1.42. The lowest BCUT2D eigenvalue weighted by molar-refractivity contribution is -0.120. The molecule has 0 aliphatic heterocycles. The molecule has 1 unspecified atom stereocenters. The number of halogens is 3. The summed E-state index contributed by atoms with van der Waals surface area (Å²) in [5.74, 6) is -0.230. The van der Waals surface area contributed by atoms with Crippen molar-refractivity contribution in [3.8, 4) is 0 Å². The number of alkyl halides is 3. The predicted octanol–water partition coefficient (Wildman–Crippen LogP) is 4.46. The largest absolute Gasteiger partial charge is 0.362 e. The first-order chi connectivity index (χ1) is 10.8. The summed E-state index contributed by atoms with van der Waals surface area (Å²) in [5, 5.41) is 5.76. The van der Waals surface area contributed by atoms with Crippen LogP contribution >= 0.6 is 34.8 Å². The molecule has 0 aromatic heterocycles. The van der Waals surface area contributed by atoms with Gasteiger partial charge in [-0.15, -0.1) is 0 Å². The van der Waals surface area contributed by atoms with E-state index in [2.05, 4.69) is 10.6 Å². The highest BCUT2D eigenvalue weighted by atomic mass is 35.6. The number of amides is 1. The van der Waals surface area contributed by atoms with Crippen LogP contribution in [-0.4, -0.2) is 15.9 Å². The van der Waals surface area contributed by atoms with Crippen molar-refractivity contribution in [1.82, 2.24) is 5.32 Å². The third-order valence-electron chi connectivity index (χ3n) is 3.20. The molecule has 0 radical (unpaired) electrons. The Morgan fingerprint density at radius 3 is 2.22 bits per heavy atom.